The molecule has 0 fully saturated rings. The molecule has 1 aromatic carbocycles. The van der Waals surface area contributed by atoms with Crippen LogP contribution in [0.15, 0.2) is 16.6 Å². The molecule has 1 amide bonds. The Morgan fingerprint density at radius 3 is 2.75 bits per heavy atom. The molecule has 1 aromatic rings. The zero-order valence-electron chi connectivity index (χ0n) is 8.67. The highest BCUT2D eigenvalue weighted by atomic mass is 79.9. The van der Waals surface area contributed by atoms with Gasteiger partial charge in [-0.05, 0) is 28.1 Å². The number of amides is 1. The number of hydrogen-bond acceptors (Lipinski definition) is 3. The van der Waals surface area contributed by atoms with E-state index in [1.54, 1.807) is 19.1 Å². The number of benzene rings is 1. The molecule has 0 saturated carbocycles. The van der Waals surface area contributed by atoms with E-state index in [1.807, 2.05) is 0 Å². The number of primary amides is 1. The Bertz CT molecular complexity index is 389. The van der Waals surface area contributed by atoms with Crippen LogP contribution in [-0.4, -0.2) is 12.5 Å². The first-order valence-corrected chi connectivity index (χ1v) is 5.75. The number of ether oxygens (including phenoxy) is 1. The summed E-state index contributed by atoms with van der Waals surface area (Å²) in [6, 6.07) is 3.25. The third-order valence-corrected chi connectivity index (χ3v) is 2.81. The zero-order chi connectivity index (χ0) is 12.3. The van der Waals surface area contributed by atoms with Crippen molar-refractivity contribution in [3.8, 4) is 5.75 Å². The van der Waals surface area contributed by atoms with E-state index in [2.05, 4.69) is 15.9 Å². The van der Waals surface area contributed by atoms with Gasteiger partial charge in [-0.1, -0.05) is 18.5 Å². The van der Waals surface area contributed by atoms with Crippen molar-refractivity contribution in [2.75, 3.05) is 12.3 Å². The van der Waals surface area contributed by atoms with E-state index in [1.165, 1.54) is 0 Å². The highest BCUT2D eigenvalue weighted by Crippen LogP contribution is 2.34. The van der Waals surface area contributed by atoms with Gasteiger partial charge in [-0.3, -0.25) is 4.79 Å². The van der Waals surface area contributed by atoms with Crippen molar-refractivity contribution in [2.24, 2.45) is 11.7 Å². The van der Waals surface area contributed by atoms with Crippen LogP contribution >= 0.6 is 27.5 Å². The number of carbonyl (C=O) groups is 1. The minimum Gasteiger partial charge on any atom is -0.489 e. The van der Waals surface area contributed by atoms with E-state index >= 15 is 0 Å². The highest BCUT2D eigenvalue weighted by molar-refractivity contribution is 9.10. The van der Waals surface area contributed by atoms with E-state index in [0.29, 0.717) is 20.9 Å². The summed E-state index contributed by atoms with van der Waals surface area (Å²) in [5.74, 6) is -0.317. The van der Waals surface area contributed by atoms with Crippen LogP contribution in [0.4, 0.5) is 5.69 Å². The molecular weight excluding hydrogens is 295 g/mol. The Balaban J connectivity index is 2.78. The SMILES string of the molecule is CC(COc1c(N)cc(Cl)cc1Br)C(N)=O. The second-order valence-corrected chi connectivity index (χ2v) is 4.71. The number of halogens is 2. The van der Waals surface area contributed by atoms with Gasteiger partial charge in [0.25, 0.3) is 0 Å². The van der Waals surface area contributed by atoms with Crippen molar-refractivity contribution < 1.29 is 9.53 Å². The monoisotopic (exact) mass is 306 g/mol. The van der Waals surface area contributed by atoms with Crippen LogP contribution in [0, 0.1) is 5.92 Å². The van der Waals surface area contributed by atoms with Gasteiger partial charge in [-0.25, -0.2) is 0 Å². The largest absolute Gasteiger partial charge is 0.489 e. The molecule has 0 bridgehead atoms. The Hall–Kier alpha value is -0.940. The molecule has 6 heteroatoms. The highest BCUT2D eigenvalue weighted by Gasteiger charge is 2.13. The number of nitrogen functional groups attached to an aromatic ring is 1. The Morgan fingerprint density at radius 1 is 1.62 bits per heavy atom. The van der Waals surface area contributed by atoms with Crippen LogP contribution in [0.2, 0.25) is 5.02 Å². The van der Waals surface area contributed by atoms with Gasteiger partial charge in [0.15, 0.2) is 5.75 Å². The minimum atomic E-state index is -0.413. The molecule has 0 aliphatic carbocycles. The predicted molar refractivity (Wildman–Crippen MR) is 67.4 cm³/mol. The molecule has 1 rings (SSSR count). The van der Waals surface area contributed by atoms with Gasteiger partial charge in [0.2, 0.25) is 5.91 Å². The molecule has 0 heterocycles. The lowest BCUT2D eigenvalue weighted by Crippen LogP contribution is -2.26. The van der Waals surface area contributed by atoms with E-state index < -0.39 is 5.91 Å². The third-order valence-electron chi connectivity index (χ3n) is 2.00. The van der Waals surface area contributed by atoms with Gasteiger partial charge in [-0.2, -0.15) is 0 Å². The molecule has 0 radical (unpaired) electrons. The summed E-state index contributed by atoms with van der Waals surface area (Å²) >= 11 is 9.08. The fourth-order valence-corrected chi connectivity index (χ4v) is 1.97. The molecule has 0 spiro atoms. The smallest absolute Gasteiger partial charge is 0.223 e. The van der Waals surface area contributed by atoms with Crippen molar-refractivity contribution in [3.05, 3.63) is 21.6 Å². The second kappa shape index (κ2) is 5.41. The predicted octanol–water partition coefficient (Wildman–Crippen LogP) is 2.18. The molecular formula is C10H12BrClN2O2. The fourth-order valence-electron chi connectivity index (χ4n) is 1.02. The van der Waals surface area contributed by atoms with Gasteiger partial charge in [0, 0.05) is 5.02 Å². The summed E-state index contributed by atoms with van der Waals surface area (Å²) in [6.45, 7) is 1.86. The molecule has 0 aliphatic rings. The van der Waals surface area contributed by atoms with E-state index in [9.17, 15) is 4.79 Å². The molecule has 1 unspecified atom stereocenters. The van der Waals surface area contributed by atoms with Crippen molar-refractivity contribution in [1.29, 1.82) is 0 Å². The van der Waals surface area contributed by atoms with Crippen LogP contribution < -0.4 is 16.2 Å². The number of carbonyl (C=O) groups excluding carboxylic acids is 1. The number of anilines is 1. The van der Waals surface area contributed by atoms with Crippen molar-refractivity contribution >= 4 is 39.1 Å². The lowest BCUT2D eigenvalue weighted by atomic mass is 10.2. The molecule has 4 N–H and O–H groups in total. The molecule has 88 valence electrons. The summed E-state index contributed by atoms with van der Waals surface area (Å²) in [5, 5.41) is 0.514. The van der Waals surface area contributed by atoms with Crippen LogP contribution in [0.25, 0.3) is 0 Å². The number of hydrogen-bond donors (Lipinski definition) is 2. The zero-order valence-corrected chi connectivity index (χ0v) is 11.0. The van der Waals surface area contributed by atoms with Gasteiger partial charge in [0.1, 0.15) is 0 Å². The molecule has 16 heavy (non-hydrogen) atoms. The van der Waals surface area contributed by atoms with E-state index in [0.717, 1.165) is 0 Å². The quantitative estimate of drug-likeness (QED) is 0.837. The lowest BCUT2D eigenvalue weighted by Gasteiger charge is -2.13. The second-order valence-electron chi connectivity index (χ2n) is 3.42. The van der Waals surface area contributed by atoms with Crippen LogP contribution in [0.3, 0.4) is 0 Å². The summed E-state index contributed by atoms with van der Waals surface area (Å²) in [7, 11) is 0. The van der Waals surface area contributed by atoms with Gasteiger partial charge in [-0.15, -0.1) is 0 Å². The van der Waals surface area contributed by atoms with Gasteiger partial charge in [0.05, 0.1) is 22.7 Å². The van der Waals surface area contributed by atoms with Crippen molar-refractivity contribution in [3.63, 3.8) is 0 Å². The average molecular weight is 308 g/mol. The van der Waals surface area contributed by atoms with Crippen LogP contribution in [0.5, 0.6) is 5.75 Å². The Kier molecular flexibility index (Phi) is 4.44. The van der Waals surface area contributed by atoms with Crippen molar-refractivity contribution in [1.82, 2.24) is 0 Å². The summed E-state index contributed by atoms with van der Waals surface area (Å²) in [6.07, 6.45) is 0. The van der Waals surface area contributed by atoms with E-state index in [-0.39, 0.29) is 12.5 Å². The first kappa shape index (κ1) is 13.1. The minimum absolute atomic E-state index is 0.180. The molecule has 4 nitrogen and oxygen atoms in total. The van der Waals surface area contributed by atoms with E-state index in [4.69, 9.17) is 27.8 Å². The van der Waals surface area contributed by atoms with Crippen LogP contribution in [-0.2, 0) is 4.79 Å². The summed E-state index contributed by atoms with van der Waals surface area (Å²) < 4.78 is 6.06. The maximum Gasteiger partial charge on any atom is 0.223 e. The molecule has 0 saturated heterocycles. The first-order chi connectivity index (χ1) is 7.41. The van der Waals surface area contributed by atoms with Gasteiger partial charge < -0.3 is 16.2 Å². The third kappa shape index (κ3) is 3.28. The number of rotatable bonds is 4. The molecule has 0 aliphatic heterocycles. The van der Waals surface area contributed by atoms with Crippen molar-refractivity contribution in [2.45, 2.75) is 6.92 Å². The number of nitrogens with two attached hydrogens (primary N) is 2. The summed E-state index contributed by atoms with van der Waals surface area (Å²) in [5.41, 5.74) is 11.3. The fraction of sp³-hybridized carbons (Fsp3) is 0.300. The Morgan fingerprint density at radius 2 is 2.25 bits per heavy atom. The normalized spacial score (nSPS) is 12.2. The molecule has 0 aromatic heterocycles. The average Bonchev–Trinajstić information content (AvgIpc) is 2.15. The lowest BCUT2D eigenvalue weighted by molar-refractivity contribution is -0.122. The maximum atomic E-state index is 10.8. The molecule has 1 atom stereocenters. The topological polar surface area (TPSA) is 78.3 Å². The standard InChI is InChI=1S/C10H12BrClN2O2/c1-5(10(14)15)4-16-9-7(11)2-6(12)3-8(9)13/h2-3,5H,4,13H2,1H3,(H2,14,15). The Labute approximate surface area is 107 Å². The first-order valence-electron chi connectivity index (χ1n) is 4.58. The maximum absolute atomic E-state index is 10.8. The van der Waals surface area contributed by atoms with Crippen LogP contribution in [0.1, 0.15) is 6.92 Å². The summed E-state index contributed by atoms with van der Waals surface area (Å²) in [4.78, 5) is 10.8. The van der Waals surface area contributed by atoms with Gasteiger partial charge >= 0.3 is 0 Å².